The third-order valence-electron chi connectivity index (χ3n) is 3.03. The molecule has 0 aromatic rings. The highest BCUT2D eigenvalue weighted by Crippen LogP contribution is 2.49. The average molecular weight is 190 g/mol. The maximum Gasteiger partial charge on any atom is 0.155 e. The maximum absolute atomic E-state index is 10.5. The third kappa shape index (κ3) is 1.56. The average Bonchev–Trinajstić information content (AvgIpc) is 2.29. The number of ether oxygens (including phenoxy) is 1. The molecule has 1 N–H and O–H groups in total. The van der Waals surface area contributed by atoms with Crippen LogP contribution in [0.25, 0.3) is 0 Å². The second-order valence-electron chi connectivity index (χ2n) is 3.98. The summed E-state index contributed by atoms with van der Waals surface area (Å²) in [6.07, 6.45) is 4.84. The van der Waals surface area contributed by atoms with Gasteiger partial charge in [0.25, 0.3) is 0 Å². The Morgan fingerprint density at radius 1 is 1.58 bits per heavy atom. The van der Waals surface area contributed by atoms with Crippen molar-refractivity contribution >= 4 is 11.1 Å². The lowest BCUT2D eigenvalue weighted by Crippen LogP contribution is -2.30. The third-order valence-corrected chi connectivity index (χ3v) is 3.69. The molecule has 0 bridgehead atoms. The molecule has 1 spiro atoms. The van der Waals surface area contributed by atoms with Gasteiger partial charge >= 0.3 is 0 Å². The first-order valence-corrected chi connectivity index (χ1v) is 5.67. The lowest BCUT2D eigenvalue weighted by atomic mass is 9.68. The van der Waals surface area contributed by atoms with Crippen LogP contribution in [0.1, 0.15) is 25.7 Å². The van der Waals surface area contributed by atoms with Crippen molar-refractivity contribution < 1.29 is 13.5 Å². The van der Waals surface area contributed by atoms with Crippen LogP contribution in [0.15, 0.2) is 0 Å². The highest BCUT2D eigenvalue weighted by atomic mass is 32.2. The highest BCUT2D eigenvalue weighted by molar-refractivity contribution is 7.79. The molecule has 2 unspecified atom stereocenters. The summed E-state index contributed by atoms with van der Waals surface area (Å²) in [4.78, 5) is 0. The van der Waals surface area contributed by atoms with Crippen molar-refractivity contribution in [2.45, 2.75) is 31.8 Å². The molecule has 2 rings (SSSR count). The van der Waals surface area contributed by atoms with Gasteiger partial charge in [-0.3, -0.25) is 0 Å². The SMILES string of the molecule is O=S(O)CC1CC2(CCC2)CO1. The van der Waals surface area contributed by atoms with E-state index in [1.165, 1.54) is 19.3 Å². The van der Waals surface area contributed by atoms with Crippen molar-refractivity contribution in [3.63, 3.8) is 0 Å². The van der Waals surface area contributed by atoms with Gasteiger partial charge in [0.1, 0.15) is 0 Å². The van der Waals surface area contributed by atoms with Crippen molar-refractivity contribution in [2.75, 3.05) is 12.4 Å². The second kappa shape index (κ2) is 3.09. The molecule has 1 saturated carbocycles. The summed E-state index contributed by atoms with van der Waals surface area (Å²) in [6.45, 7) is 0.814. The molecule has 1 aliphatic carbocycles. The van der Waals surface area contributed by atoms with Gasteiger partial charge in [-0.1, -0.05) is 6.42 Å². The van der Waals surface area contributed by atoms with E-state index in [2.05, 4.69) is 0 Å². The fourth-order valence-corrected chi connectivity index (χ4v) is 2.72. The number of rotatable bonds is 2. The summed E-state index contributed by atoms with van der Waals surface area (Å²) in [6, 6.07) is 0. The van der Waals surface area contributed by atoms with E-state index in [4.69, 9.17) is 9.29 Å². The molecule has 0 amide bonds. The molecule has 2 fully saturated rings. The van der Waals surface area contributed by atoms with Crippen LogP contribution in [0, 0.1) is 5.41 Å². The molecule has 2 atom stereocenters. The minimum Gasteiger partial charge on any atom is -0.377 e. The summed E-state index contributed by atoms with van der Waals surface area (Å²) in [5, 5.41) is 0. The van der Waals surface area contributed by atoms with E-state index in [9.17, 15) is 4.21 Å². The zero-order chi connectivity index (χ0) is 8.60. The Morgan fingerprint density at radius 2 is 2.33 bits per heavy atom. The summed E-state index contributed by atoms with van der Waals surface area (Å²) in [7, 11) is 0. The van der Waals surface area contributed by atoms with E-state index in [1.807, 2.05) is 0 Å². The summed E-state index contributed by atoms with van der Waals surface area (Å²) in [5.74, 6) is 0.293. The van der Waals surface area contributed by atoms with E-state index < -0.39 is 11.1 Å². The van der Waals surface area contributed by atoms with Gasteiger partial charge in [-0.15, -0.1) is 0 Å². The molecule has 12 heavy (non-hydrogen) atoms. The Labute approximate surface area is 74.8 Å². The van der Waals surface area contributed by atoms with Crippen LogP contribution in [0.5, 0.6) is 0 Å². The van der Waals surface area contributed by atoms with E-state index in [0.717, 1.165) is 13.0 Å². The van der Waals surface area contributed by atoms with E-state index in [0.29, 0.717) is 11.2 Å². The minimum atomic E-state index is -1.69. The van der Waals surface area contributed by atoms with Crippen LogP contribution < -0.4 is 0 Å². The molecular formula is C8H14O3S. The summed E-state index contributed by atoms with van der Waals surface area (Å²) < 4.78 is 24.6. The van der Waals surface area contributed by atoms with E-state index in [-0.39, 0.29) is 6.10 Å². The van der Waals surface area contributed by atoms with Crippen molar-refractivity contribution in [2.24, 2.45) is 5.41 Å². The first-order valence-electron chi connectivity index (χ1n) is 4.39. The predicted octanol–water partition coefficient (Wildman–Crippen LogP) is 1.17. The normalized spacial score (nSPS) is 34.9. The molecule has 2 aliphatic rings. The topological polar surface area (TPSA) is 46.5 Å². The molecule has 3 nitrogen and oxygen atoms in total. The zero-order valence-electron chi connectivity index (χ0n) is 6.99. The van der Waals surface area contributed by atoms with Gasteiger partial charge in [-0.2, -0.15) is 0 Å². The first-order chi connectivity index (χ1) is 5.70. The molecule has 1 aliphatic heterocycles. The standard InChI is InChI=1S/C8H14O3S/c9-12(10)5-7-4-8(6-11-7)2-1-3-8/h7H,1-6H2,(H,9,10). The van der Waals surface area contributed by atoms with E-state index >= 15 is 0 Å². The molecule has 0 aromatic heterocycles. The smallest absolute Gasteiger partial charge is 0.155 e. The lowest BCUT2D eigenvalue weighted by molar-refractivity contribution is 0.0750. The second-order valence-corrected chi connectivity index (χ2v) is 4.96. The van der Waals surface area contributed by atoms with Gasteiger partial charge in [0.05, 0.1) is 18.5 Å². The highest BCUT2D eigenvalue weighted by Gasteiger charge is 2.44. The summed E-state index contributed by atoms with van der Waals surface area (Å²) >= 11 is -1.69. The minimum absolute atomic E-state index is 0.0381. The molecule has 1 saturated heterocycles. The molecule has 4 heteroatoms. The maximum atomic E-state index is 10.5. The van der Waals surface area contributed by atoms with Crippen molar-refractivity contribution in [3.8, 4) is 0 Å². The Bertz CT molecular complexity index is 200. The van der Waals surface area contributed by atoms with Gasteiger partial charge in [0.15, 0.2) is 11.1 Å². The van der Waals surface area contributed by atoms with E-state index in [1.54, 1.807) is 0 Å². The Kier molecular flexibility index (Phi) is 2.23. The zero-order valence-corrected chi connectivity index (χ0v) is 7.81. The predicted molar refractivity (Wildman–Crippen MR) is 46.3 cm³/mol. The molecule has 70 valence electrons. The van der Waals surface area contributed by atoms with Crippen LogP contribution >= 0.6 is 0 Å². The quantitative estimate of drug-likeness (QED) is 0.665. The fourth-order valence-electron chi connectivity index (χ4n) is 2.19. The van der Waals surface area contributed by atoms with Crippen molar-refractivity contribution in [3.05, 3.63) is 0 Å². The monoisotopic (exact) mass is 190 g/mol. The van der Waals surface area contributed by atoms with Crippen LogP contribution in [-0.4, -0.2) is 27.2 Å². The van der Waals surface area contributed by atoms with Crippen LogP contribution in [0.3, 0.4) is 0 Å². The fraction of sp³-hybridized carbons (Fsp3) is 1.00. The van der Waals surface area contributed by atoms with Gasteiger partial charge in [-0.25, -0.2) is 4.21 Å². The number of hydrogen-bond donors (Lipinski definition) is 1. The lowest BCUT2D eigenvalue weighted by Gasteiger charge is -2.36. The Hall–Kier alpha value is 0.0700. The van der Waals surface area contributed by atoms with Crippen LogP contribution in [-0.2, 0) is 15.8 Å². The first kappa shape index (κ1) is 8.66. The van der Waals surface area contributed by atoms with Crippen LogP contribution in [0.2, 0.25) is 0 Å². The molecular weight excluding hydrogens is 176 g/mol. The van der Waals surface area contributed by atoms with Gasteiger partial charge < -0.3 is 9.29 Å². The van der Waals surface area contributed by atoms with Crippen molar-refractivity contribution in [1.82, 2.24) is 0 Å². The Morgan fingerprint density at radius 3 is 2.75 bits per heavy atom. The molecule has 0 radical (unpaired) electrons. The van der Waals surface area contributed by atoms with Gasteiger partial charge in [-0.05, 0) is 24.7 Å². The molecule has 1 heterocycles. The summed E-state index contributed by atoms with van der Waals surface area (Å²) in [5.41, 5.74) is 0.407. The van der Waals surface area contributed by atoms with Gasteiger partial charge in [0.2, 0.25) is 0 Å². The number of hydrogen-bond acceptors (Lipinski definition) is 2. The Balaban J connectivity index is 1.85. The van der Waals surface area contributed by atoms with Gasteiger partial charge in [0, 0.05) is 0 Å². The van der Waals surface area contributed by atoms with Crippen molar-refractivity contribution in [1.29, 1.82) is 0 Å². The largest absolute Gasteiger partial charge is 0.377 e. The molecule has 0 aromatic carbocycles. The van der Waals surface area contributed by atoms with Crippen LogP contribution in [0.4, 0.5) is 0 Å².